The summed E-state index contributed by atoms with van der Waals surface area (Å²) < 4.78 is 0. The molecule has 3 heteroatoms. The molecule has 4 aliphatic carbocycles. The van der Waals surface area contributed by atoms with Gasteiger partial charge in [0.2, 0.25) is 0 Å². The van der Waals surface area contributed by atoms with Crippen molar-refractivity contribution in [1.29, 1.82) is 0 Å². The Kier molecular flexibility index (Phi) is 9.71. The average Bonchev–Trinajstić information content (AvgIpc) is 3.06. The van der Waals surface area contributed by atoms with Gasteiger partial charge in [0.25, 0.3) is 0 Å². The lowest BCUT2D eigenvalue weighted by atomic mass is 9.45. The molecule has 0 radical (unpaired) electrons. The zero-order valence-electron chi connectivity index (χ0n) is 20.6. The number of rotatable bonds is 4. The molecule has 0 aromatic carbocycles. The van der Waals surface area contributed by atoms with Crippen LogP contribution < -0.4 is 0 Å². The number of hydrogen-bond donors (Lipinski definition) is 2. The molecule has 0 aliphatic heterocycles. The molecule has 176 valence electrons. The first-order valence-corrected chi connectivity index (χ1v) is 13.2. The fourth-order valence-electron chi connectivity index (χ4n) is 8.38. The second kappa shape index (κ2) is 11.3. The van der Waals surface area contributed by atoms with Gasteiger partial charge in [0.1, 0.15) is 0 Å². The second-order valence-electron chi connectivity index (χ2n) is 10.8. The third-order valence-corrected chi connectivity index (χ3v) is 9.72. The summed E-state index contributed by atoms with van der Waals surface area (Å²) in [5.41, 5.74) is 1.15. The Morgan fingerprint density at radius 1 is 0.900 bits per heavy atom. The van der Waals surface area contributed by atoms with Crippen molar-refractivity contribution in [3.05, 3.63) is 0 Å². The summed E-state index contributed by atoms with van der Waals surface area (Å²) in [5, 5.41) is 16.5. The summed E-state index contributed by atoms with van der Waals surface area (Å²) in [6.07, 6.45) is 17.0. The molecule has 4 rings (SSSR count). The maximum absolute atomic E-state index is 10.9. The summed E-state index contributed by atoms with van der Waals surface area (Å²) in [5.74, 6) is 4.08. The number of aliphatic hydroxyl groups excluding tert-OH is 1. The molecule has 3 nitrogen and oxygen atoms in total. The lowest BCUT2D eigenvalue weighted by molar-refractivity contribution is -0.137. The van der Waals surface area contributed by atoms with E-state index in [1.54, 1.807) is 6.92 Å². The van der Waals surface area contributed by atoms with Gasteiger partial charge in [-0.05, 0) is 112 Å². The van der Waals surface area contributed by atoms with Gasteiger partial charge in [-0.25, -0.2) is 0 Å². The Bertz CT molecular complexity index is 532. The lowest BCUT2D eigenvalue weighted by Gasteiger charge is -2.60. The van der Waals surface area contributed by atoms with Gasteiger partial charge in [0, 0.05) is 13.0 Å². The minimum Gasteiger partial charge on any atom is -0.481 e. The van der Waals surface area contributed by atoms with Crippen LogP contribution >= 0.6 is 0 Å². The molecule has 7 unspecified atom stereocenters. The maximum atomic E-state index is 10.9. The highest BCUT2D eigenvalue weighted by Crippen LogP contribution is 2.67. The molecule has 2 N–H and O–H groups in total. The van der Waals surface area contributed by atoms with E-state index in [0.717, 1.165) is 42.4 Å². The van der Waals surface area contributed by atoms with E-state index in [9.17, 15) is 4.79 Å². The number of hydrogen-bond acceptors (Lipinski definition) is 2. The Morgan fingerprint density at radius 3 is 2.23 bits per heavy atom. The van der Waals surface area contributed by atoms with Gasteiger partial charge < -0.3 is 10.2 Å². The van der Waals surface area contributed by atoms with Crippen LogP contribution in [0.5, 0.6) is 0 Å². The van der Waals surface area contributed by atoms with Crippen LogP contribution in [0.15, 0.2) is 0 Å². The SMILES string of the molecule is CC.CC12CCCCC1CCC1C2CCC2(C)C(CCCC(=O)O)CCC12.CCO. The highest BCUT2D eigenvalue weighted by atomic mass is 16.4. The molecule has 0 aromatic heterocycles. The van der Waals surface area contributed by atoms with Crippen LogP contribution in [0.25, 0.3) is 0 Å². The van der Waals surface area contributed by atoms with Crippen molar-refractivity contribution in [2.24, 2.45) is 40.4 Å². The summed E-state index contributed by atoms with van der Waals surface area (Å²) in [7, 11) is 0. The molecule has 4 saturated carbocycles. The summed E-state index contributed by atoms with van der Waals surface area (Å²) in [6.45, 7) is 11.2. The van der Waals surface area contributed by atoms with Gasteiger partial charge in [-0.15, -0.1) is 0 Å². The fourth-order valence-corrected chi connectivity index (χ4v) is 8.38. The Hall–Kier alpha value is -0.570. The van der Waals surface area contributed by atoms with Crippen molar-refractivity contribution in [2.45, 2.75) is 118 Å². The topological polar surface area (TPSA) is 57.5 Å². The van der Waals surface area contributed by atoms with Crippen molar-refractivity contribution in [3.63, 3.8) is 0 Å². The van der Waals surface area contributed by atoms with Crippen LogP contribution in [-0.2, 0) is 4.79 Å². The first-order valence-electron chi connectivity index (χ1n) is 13.2. The Balaban J connectivity index is 0.000000590. The number of carbonyl (C=O) groups is 1. The quantitative estimate of drug-likeness (QED) is 0.499. The van der Waals surface area contributed by atoms with Crippen molar-refractivity contribution < 1.29 is 15.0 Å². The monoisotopic (exact) mass is 422 g/mol. The normalized spacial score (nSPS) is 41.7. The van der Waals surface area contributed by atoms with Crippen LogP contribution in [-0.4, -0.2) is 22.8 Å². The predicted molar refractivity (Wildman–Crippen MR) is 125 cm³/mol. The highest BCUT2D eigenvalue weighted by molar-refractivity contribution is 5.66. The summed E-state index contributed by atoms with van der Waals surface area (Å²) >= 11 is 0. The average molecular weight is 423 g/mol. The third kappa shape index (κ3) is 5.08. The van der Waals surface area contributed by atoms with Crippen LogP contribution in [0, 0.1) is 40.4 Å². The first-order chi connectivity index (χ1) is 14.4. The summed E-state index contributed by atoms with van der Waals surface area (Å²) in [6, 6.07) is 0. The number of fused-ring (bicyclic) bond motifs is 5. The van der Waals surface area contributed by atoms with Gasteiger partial charge in [-0.2, -0.15) is 0 Å². The minimum absolute atomic E-state index is 0.250. The number of carboxylic acids is 1. The third-order valence-electron chi connectivity index (χ3n) is 9.72. The van der Waals surface area contributed by atoms with Gasteiger partial charge >= 0.3 is 5.97 Å². The minimum atomic E-state index is -0.619. The van der Waals surface area contributed by atoms with Crippen molar-refractivity contribution in [1.82, 2.24) is 0 Å². The lowest BCUT2D eigenvalue weighted by Crippen LogP contribution is -2.52. The highest BCUT2D eigenvalue weighted by Gasteiger charge is 2.59. The molecule has 0 heterocycles. The Morgan fingerprint density at radius 2 is 1.57 bits per heavy atom. The number of aliphatic carboxylic acids is 1. The zero-order valence-corrected chi connectivity index (χ0v) is 20.6. The van der Waals surface area contributed by atoms with Crippen molar-refractivity contribution >= 4 is 5.97 Å². The standard InChI is InChI=1S/C23H38O2.C2H6O.C2H6/c1-22-14-4-3-6-16(22)9-11-18-19-12-10-17(7-5-8-21(24)25)23(19,2)15-13-20(18)22;1-2-3;1-2/h16-20H,3-15H2,1-2H3,(H,24,25);3H,2H2,1H3;1-2H3. The summed E-state index contributed by atoms with van der Waals surface area (Å²) in [4.78, 5) is 10.9. The molecule has 0 aromatic rings. The largest absolute Gasteiger partial charge is 0.481 e. The molecular weight excluding hydrogens is 372 g/mol. The fraction of sp³-hybridized carbons (Fsp3) is 0.963. The maximum Gasteiger partial charge on any atom is 0.303 e. The van der Waals surface area contributed by atoms with E-state index >= 15 is 0 Å². The molecule has 0 saturated heterocycles. The molecule has 0 spiro atoms. The van der Waals surface area contributed by atoms with Crippen LogP contribution in [0.3, 0.4) is 0 Å². The van der Waals surface area contributed by atoms with Crippen LogP contribution in [0.4, 0.5) is 0 Å². The van der Waals surface area contributed by atoms with E-state index in [-0.39, 0.29) is 6.61 Å². The second-order valence-corrected chi connectivity index (χ2v) is 10.8. The van der Waals surface area contributed by atoms with Gasteiger partial charge in [-0.3, -0.25) is 4.79 Å². The van der Waals surface area contributed by atoms with E-state index in [1.165, 1.54) is 64.2 Å². The molecule has 4 fully saturated rings. The molecule has 4 aliphatic rings. The van der Waals surface area contributed by atoms with E-state index in [0.29, 0.717) is 17.3 Å². The van der Waals surface area contributed by atoms with Crippen LogP contribution in [0.2, 0.25) is 0 Å². The van der Waals surface area contributed by atoms with E-state index < -0.39 is 5.97 Å². The number of carboxylic acid groups (broad SMARTS) is 1. The smallest absolute Gasteiger partial charge is 0.303 e. The first kappa shape index (κ1) is 25.7. The molecule has 0 amide bonds. The Labute approximate surface area is 186 Å². The van der Waals surface area contributed by atoms with E-state index in [1.807, 2.05) is 13.8 Å². The van der Waals surface area contributed by atoms with Crippen molar-refractivity contribution in [2.75, 3.05) is 6.61 Å². The van der Waals surface area contributed by atoms with Gasteiger partial charge in [-0.1, -0.05) is 40.5 Å². The number of aliphatic hydroxyl groups is 1. The predicted octanol–water partition coefficient (Wildman–Crippen LogP) is 7.32. The zero-order chi connectivity index (χ0) is 22.4. The van der Waals surface area contributed by atoms with Crippen molar-refractivity contribution in [3.8, 4) is 0 Å². The van der Waals surface area contributed by atoms with Gasteiger partial charge in [0.15, 0.2) is 0 Å². The van der Waals surface area contributed by atoms with E-state index in [2.05, 4.69) is 13.8 Å². The molecular formula is C27H50O3. The molecule has 0 bridgehead atoms. The molecule has 30 heavy (non-hydrogen) atoms. The van der Waals surface area contributed by atoms with Crippen LogP contribution in [0.1, 0.15) is 118 Å². The molecule has 7 atom stereocenters. The van der Waals surface area contributed by atoms with E-state index in [4.69, 9.17) is 10.2 Å². The van der Waals surface area contributed by atoms with Gasteiger partial charge in [0.05, 0.1) is 0 Å².